The summed E-state index contributed by atoms with van der Waals surface area (Å²) >= 11 is 0. The third-order valence-electron chi connectivity index (χ3n) is 9.83. The molecule has 4 rings (SSSR count). The number of urea groups is 1. The topological polar surface area (TPSA) is 167 Å². The lowest BCUT2D eigenvalue weighted by Crippen LogP contribution is -2.60. The zero-order valence-corrected chi connectivity index (χ0v) is 32.6. The summed E-state index contributed by atoms with van der Waals surface area (Å²) in [5, 5.41) is 28.5. The Morgan fingerprint density at radius 2 is 1.61 bits per heavy atom. The number of carbonyl (C=O) groups is 4. The van der Waals surface area contributed by atoms with E-state index < -0.39 is 41.6 Å². The number of hydrogen-bond acceptors (Lipinski definition) is 7. The van der Waals surface area contributed by atoms with Crippen molar-refractivity contribution in [2.45, 2.75) is 98.6 Å². The number of nitrogens with zero attached hydrogens (tertiary/aromatic N) is 4. The SMILES string of the molecule is CC[C@H](C)[C@@H](C(=O)N[C@@H](Cc1ccccc1)[C@@H](O)CN(Cc1cccc(C)c1)NC(=O)[C@@H](NC(=O)O)C(C)(C)C)N1CCN(Cc2cccc(C)n2)C1=O. The lowest BCUT2D eigenvalue weighted by atomic mass is 9.86. The number of benzene rings is 2. The average molecular weight is 744 g/mol. The van der Waals surface area contributed by atoms with Gasteiger partial charge >= 0.3 is 12.1 Å². The van der Waals surface area contributed by atoms with Gasteiger partial charge in [-0.15, -0.1) is 0 Å². The fraction of sp³-hybridized carbons (Fsp3) is 0.488. The van der Waals surface area contributed by atoms with E-state index in [9.17, 15) is 29.4 Å². The predicted octanol–water partition coefficient (Wildman–Crippen LogP) is 4.65. The number of carbonyl (C=O) groups excluding carboxylic acids is 3. The van der Waals surface area contributed by atoms with Crippen molar-refractivity contribution < 1.29 is 29.4 Å². The normalized spacial score (nSPS) is 16.1. The van der Waals surface area contributed by atoms with Crippen molar-refractivity contribution in [3.63, 3.8) is 0 Å². The highest BCUT2D eigenvalue weighted by atomic mass is 16.4. The molecule has 1 aliphatic heterocycles. The summed E-state index contributed by atoms with van der Waals surface area (Å²) in [6, 6.07) is 20.0. The van der Waals surface area contributed by atoms with Gasteiger partial charge < -0.3 is 30.6 Å². The van der Waals surface area contributed by atoms with Crippen molar-refractivity contribution >= 4 is 23.9 Å². The van der Waals surface area contributed by atoms with Gasteiger partial charge in [-0.05, 0) is 54.9 Å². The minimum Gasteiger partial charge on any atom is -0.465 e. The number of carboxylic acid groups (broad SMARTS) is 1. The number of hydrazine groups is 1. The van der Waals surface area contributed by atoms with Crippen LogP contribution < -0.4 is 16.1 Å². The van der Waals surface area contributed by atoms with Gasteiger partial charge in [-0.3, -0.25) is 20.0 Å². The highest BCUT2D eigenvalue weighted by Crippen LogP contribution is 2.24. The standard InChI is InChI=1S/C41H57N7O6/c1-8-28(3)35(48-21-20-46(40(48)54)25-32-19-13-15-29(4)42-32)37(50)43-33(23-30-16-10-9-11-17-30)34(49)26-47(24-31-18-12-14-27(2)22-31)45-38(51)36(41(5,6)7)44-39(52)53/h9-19,22,28,33-36,44,49H,8,20-21,23-26H2,1-7H3,(H,43,50)(H,45,51)(H,52,53)/t28-,33-,34-,35-,36+/m0/s1. The zero-order valence-electron chi connectivity index (χ0n) is 32.6. The molecule has 54 heavy (non-hydrogen) atoms. The number of nitrogens with one attached hydrogen (secondary N) is 3. The number of aliphatic hydroxyl groups is 1. The van der Waals surface area contributed by atoms with Gasteiger partial charge in [0.1, 0.15) is 12.1 Å². The maximum atomic E-state index is 14.4. The van der Waals surface area contributed by atoms with Crippen LogP contribution >= 0.6 is 0 Å². The summed E-state index contributed by atoms with van der Waals surface area (Å²) < 4.78 is 0. The molecule has 2 heterocycles. The van der Waals surface area contributed by atoms with Crippen LogP contribution in [0.5, 0.6) is 0 Å². The van der Waals surface area contributed by atoms with Crippen molar-refractivity contribution in [3.8, 4) is 0 Å². The van der Waals surface area contributed by atoms with Gasteiger partial charge in [-0.1, -0.05) is 107 Å². The van der Waals surface area contributed by atoms with Crippen molar-refractivity contribution in [2.24, 2.45) is 11.3 Å². The van der Waals surface area contributed by atoms with Gasteiger partial charge in [-0.2, -0.15) is 0 Å². The summed E-state index contributed by atoms with van der Waals surface area (Å²) in [4.78, 5) is 61.4. The third-order valence-corrected chi connectivity index (χ3v) is 9.83. The molecule has 0 spiro atoms. The van der Waals surface area contributed by atoms with Crippen LogP contribution in [-0.2, 0) is 29.1 Å². The second-order valence-corrected chi connectivity index (χ2v) is 15.5. The van der Waals surface area contributed by atoms with Crippen LogP contribution in [0, 0.1) is 25.2 Å². The molecule has 0 bridgehead atoms. The molecule has 0 aliphatic carbocycles. The second-order valence-electron chi connectivity index (χ2n) is 15.5. The number of pyridine rings is 1. The molecule has 13 heteroatoms. The molecule has 292 valence electrons. The van der Waals surface area contributed by atoms with Crippen molar-refractivity contribution in [1.29, 1.82) is 0 Å². The molecular weight excluding hydrogens is 686 g/mol. The van der Waals surface area contributed by atoms with E-state index in [4.69, 9.17) is 0 Å². The quantitative estimate of drug-likeness (QED) is 0.125. The van der Waals surface area contributed by atoms with Crippen molar-refractivity contribution in [1.82, 2.24) is 35.9 Å². The summed E-state index contributed by atoms with van der Waals surface area (Å²) in [6.45, 7) is 14.3. The number of rotatable bonds is 17. The van der Waals surface area contributed by atoms with Crippen LogP contribution in [0.1, 0.15) is 69.1 Å². The molecule has 0 saturated carbocycles. The lowest BCUT2D eigenvalue weighted by molar-refractivity contribution is -0.132. The van der Waals surface area contributed by atoms with E-state index in [2.05, 4.69) is 21.0 Å². The lowest BCUT2D eigenvalue weighted by Gasteiger charge is -2.36. The van der Waals surface area contributed by atoms with Crippen LogP contribution in [0.4, 0.5) is 9.59 Å². The summed E-state index contributed by atoms with van der Waals surface area (Å²) in [5.74, 6) is -1.14. The van der Waals surface area contributed by atoms with Gasteiger partial charge in [0.2, 0.25) is 5.91 Å². The molecule has 5 amide bonds. The molecule has 13 nitrogen and oxygen atoms in total. The van der Waals surface area contributed by atoms with E-state index in [1.54, 1.807) is 35.6 Å². The smallest absolute Gasteiger partial charge is 0.405 e. The van der Waals surface area contributed by atoms with Gasteiger partial charge in [0, 0.05) is 31.9 Å². The highest BCUT2D eigenvalue weighted by molar-refractivity contribution is 5.88. The first kappa shape index (κ1) is 41.7. The van der Waals surface area contributed by atoms with Crippen LogP contribution in [0.15, 0.2) is 72.8 Å². The molecule has 1 saturated heterocycles. The van der Waals surface area contributed by atoms with Crippen LogP contribution in [0.2, 0.25) is 0 Å². The Morgan fingerprint density at radius 3 is 2.24 bits per heavy atom. The van der Waals surface area contributed by atoms with Crippen molar-refractivity contribution in [3.05, 3.63) is 101 Å². The third kappa shape index (κ3) is 11.7. The maximum Gasteiger partial charge on any atom is 0.405 e. The average Bonchev–Trinajstić information content (AvgIpc) is 3.45. The van der Waals surface area contributed by atoms with E-state index in [1.807, 2.05) is 100 Å². The Bertz CT molecular complexity index is 1730. The summed E-state index contributed by atoms with van der Waals surface area (Å²) in [6.07, 6.45) is -1.61. The van der Waals surface area contributed by atoms with E-state index >= 15 is 0 Å². The number of aromatic nitrogens is 1. The first-order valence-electron chi connectivity index (χ1n) is 18.7. The fourth-order valence-electron chi connectivity index (χ4n) is 6.79. The predicted molar refractivity (Wildman–Crippen MR) is 207 cm³/mol. The maximum absolute atomic E-state index is 14.4. The summed E-state index contributed by atoms with van der Waals surface area (Å²) in [7, 11) is 0. The van der Waals surface area contributed by atoms with Crippen LogP contribution in [-0.4, -0.2) is 97.8 Å². The number of aliphatic hydroxyl groups excluding tert-OH is 1. The molecule has 0 radical (unpaired) electrons. The molecule has 1 aliphatic rings. The van der Waals surface area contributed by atoms with E-state index in [-0.39, 0.29) is 37.4 Å². The minimum atomic E-state index is -1.33. The number of aryl methyl sites for hydroxylation is 2. The second kappa shape index (κ2) is 18.8. The Balaban J connectivity index is 1.60. The Labute approximate surface area is 319 Å². The van der Waals surface area contributed by atoms with E-state index in [0.717, 1.165) is 28.1 Å². The molecule has 5 atom stereocenters. The highest BCUT2D eigenvalue weighted by Gasteiger charge is 2.41. The number of amides is 5. The van der Waals surface area contributed by atoms with Gasteiger partial charge in [0.15, 0.2) is 0 Å². The van der Waals surface area contributed by atoms with Crippen LogP contribution in [0.25, 0.3) is 0 Å². The molecule has 0 unspecified atom stereocenters. The molecule has 3 aromatic rings. The van der Waals surface area contributed by atoms with Gasteiger partial charge in [-0.25, -0.2) is 14.6 Å². The van der Waals surface area contributed by atoms with E-state index in [1.165, 1.54) is 0 Å². The first-order chi connectivity index (χ1) is 25.5. The van der Waals surface area contributed by atoms with Crippen LogP contribution in [0.3, 0.4) is 0 Å². The molecule has 5 N–H and O–H groups in total. The molecular formula is C41H57N7O6. The molecule has 1 fully saturated rings. The van der Waals surface area contributed by atoms with Gasteiger partial charge in [0.25, 0.3) is 5.91 Å². The number of hydrogen-bond donors (Lipinski definition) is 5. The largest absolute Gasteiger partial charge is 0.465 e. The van der Waals surface area contributed by atoms with Gasteiger partial charge in [0.05, 0.1) is 24.4 Å². The van der Waals surface area contributed by atoms with E-state index in [0.29, 0.717) is 26.1 Å². The molecule has 2 aromatic carbocycles. The molecule has 1 aromatic heterocycles. The monoisotopic (exact) mass is 743 g/mol. The first-order valence-corrected chi connectivity index (χ1v) is 18.7. The zero-order chi connectivity index (χ0) is 39.6. The Kier molecular flexibility index (Phi) is 14.6. The fourth-order valence-corrected chi connectivity index (χ4v) is 6.79. The Morgan fingerprint density at radius 1 is 0.926 bits per heavy atom. The minimum absolute atomic E-state index is 0.102. The Hall–Kier alpha value is -5.01. The summed E-state index contributed by atoms with van der Waals surface area (Å²) in [5.41, 5.74) is 6.48. The van der Waals surface area contributed by atoms with Crippen molar-refractivity contribution in [2.75, 3.05) is 19.6 Å².